The summed E-state index contributed by atoms with van der Waals surface area (Å²) in [5.74, 6) is -0.125. The molecule has 152 valence electrons. The fourth-order valence-corrected chi connectivity index (χ4v) is 2.88. The second-order valence-electron chi connectivity index (χ2n) is 6.90. The SMILES string of the molecule is CCCCCCN(CCCCCC)C(=O)/C=C/c1cccc(C(F)(F)F)c1. The van der Waals surface area contributed by atoms with Gasteiger partial charge in [0, 0.05) is 19.2 Å². The number of nitrogens with zero attached hydrogens (tertiary/aromatic N) is 1. The number of carbonyl (C=O) groups is 1. The molecule has 0 atom stereocenters. The van der Waals surface area contributed by atoms with Crippen LogP contribution >= 0.6 is 0 Å². The summed E-state index contributed by atoms with van der Waals surface area (Å²) in [7, 11) is 0. The highest BCUT2D eigenvalue weighted by atomic mass is 19.4. The van der Waals surface area contributed by atoms with Crippen molar-refractivity contribution in [3.8, 4) is 0 Å². The fraction of sp³-hybridized carbons (Fsp3) is 0.591. The number of alkyl halides is 3. The molecule has 0 radical (unpaired) electrons. The molecule has 0 spiro atoms. The van der Waals surface area contributed by atoms with Gasteiger partial charge in [0.2, 0.25) is 5.91 Å². The van der Waals surface area contributed by atoms with Crippen LogP contribution < -0.4 is 0 Å². The highest BCUT2D eigenvalue weighted by molar-refractivity contribution is 5.91. The molecule has 0 N–H and O–H groups in total. The van der Waals surface area contributed by atoms with Crippen molar-refractivity contribution in [2.24, 2.45) is 0 Å². The van der Waals surface area contributed by atoms with E-state index in [2.05, 4.69) is 13.8 Å². The lowest BCUT2D eigenvalue weighted by atomic mass is 10.1. The van der Waals surface area contributed by atoms with Gasteiger partial charge in [-0.15, -0.1) is 0 Å². The minimum absolute atomic E-state index is 0.125. The molecule has 0 bridgehead atoms. The summed E-state index contributed by atoms with van der Waals surface area (Å²) in [5.41, 5.74) is -0.317. The van der Waals surface area contributed by atoms with E-state index < -0.39 is 11.7 Å². The summed E-state index contributed by atoms with van der Waals surface area (Å²) in [4.78, 5) is 14.4. The van der Waals surface area contributed by atoms with Gasteiger partial charge < -0.3 is 4.90 Å². The zero-order valence-corrected chi connectivity index (χ0v) is 16.5. The molecule has 5 heteroatoms. The van der Waals surface area contributed by atoms with Crippen LogP contribution in [0.15, 0.2) is 30.3 Å². The number of hydrogen-bond acceptors (Lipinski definition) is 1. The summed E-state index contributed by atoms with van der Waals surface area (Å²) in [6.07, 6.45) is 7.18. The van der Waals surface area contributed by atoms with Gasteiger partial charge in [-0.1, -0.05) is 64.5 Å². The first-order chi connectivity index (χ1) is 12.9. The highest BCUT2D eigenvalue weighted by Gasteiger charge is 2.30. The molecule has 1 rings (SSSR count). The highest BCUT2D eigenvalue weighted by Crippen LogP contribution is 2.29. The molecule has 0 aromatic heterocycles. The van der Waals surface area contributed by atoms with Gasteiger partial charge in [0.25, 0.3) is 0 Å². The summed E-state index contributed by atoms with van der Waals surface area (Å²) < 4.78 is 38.4. The van der Waals surface area contributed by atoms with Gasteiger partial charge in [-0.3, -0.25) is 4.79 Å². The third-order valence-electron chi connectivity index (χ3n) is 4.51. The Bertz CT molecular complexity index is 569. The van der Waals surface area contributed by atoms with Crippen molar-refractivity contribution in [1.82, 2.24) is 4.90 Å². The maximum absolute atomic E-state index is 12.8. The van der Waals surface area contributed by atoms with E-state index in [4.69, 9.17) is 0 Å². The standard InChI is InChI=1S/C22H32F3NO/c1-3-5-7-9-16-26(17-10-8-6-4-2)21(27)15-14-19-12-11-13-20(18-19)22(23,24)25/h11-15,18H,3-10,16-17H2,1-2H3/b15-14+. The lowest BCUT2D eigenvalue weighted by molar-refractivity contribution is -0.137. The molecule has 1 aromatic carbocycles. The van der Waals surface area contributed by atoms with Gasteiger partial charge in [0.05, 0.1) is 5.56 Å². The fourth-order valence-electron chi connectivity index (χ4n) is 2.88. The molecule has 0 fully saturated rings. The van der Waals surface area contributed by atoms with E-state index in [1.165, 1.54) is 18.2 Å². The minimum Gasteiger partial charge on any atom is -0.339 e. The van der Waals surface area contributed by atoms with Crippen molar-refractivity contribution < 1.29 is 18.0 Å². The van der Waals surface area contributed by atoms with Crippen molar-refractivity contribution in [1.29, 1.82) is 0 Å². The zero-order valence-electron chi connectivity index (χ0n) is 16.5. The molecule has 0 saturated heterocycles. The number of amides is 1. The lowest BCUT2D eigenvalue weighted by Crippen LogP contribution is -2.31. The van der Waals surface area contributed by atoms with E-state index in [-0.39, 0.29) is 5.91 Å². The first kappa shape index (κ1) is 23.3. The molecular weight excluding hydrogens is 351 g/mol. The van der Waals surface area contributed by atoms with Crippen LogP contribution in [0.5, 0.6) is 0 Å². The molecule has 0 heterocycles. The van der Waals surface area contributed by atoms with Crippen LogP contribution in [-0.4, -0.2) is 23.9 Å². The first-order valence-electron chi connectivity index (χ1n) is 10.0. The van der Waals surface area contributed by atoms with E-state index in [1.54, 1.807) is 6.07 Å². The summed E-state index contributed by atoms with van der Waals surface area (Å²) >= 11 is 0. The number of rotatable bonds is 12. The number of halogens is 3. The van der Waals surface area contributed by atoms with Crippen molar-refractivity contribution in [3.05, 3.63) is 41.5 Å². The third-order valence-corrected chi connectivity index (χ3v) is 4.51. The Balaban J connectivity index is 2.70. The maximum atomic E-state index is 12.8. The number of carbonyl (C=O) groups excluding carboxylic acids is 1. The molecule has 1 amide bonds. The van der Waals surface area contributed by atoms with Crippen LogP contribution in [0.2, 0.25) is 0 Å². The van der Waals surface area contributed by atoms with Gasteiger partial charge in [-0.25, -0.2) is 0 Å². The van der Waals surface area contributed by atoms with E-state index in [1.807, 2.05) is 4.90 Å². The van der Waals surface area contributed by atoms with Crippen LogP contribution in [-0.2, 0) is 11.0 Å². The average molecular weight is 383 g/mol. The summed E-state index contributed by atoms with van der Waals surface area (Å²) in [6.45, 7) is 5.70. The molecule has 0 unspecified atom stereocenters. The minimum atomic E-state index is -4.38. The van der Waals surface area contributed by atoms with E-state index in [9.17, 15) is 18.0 Å². The van der Waals surface area contributed by atoms with E-state index in [0.29, 0.717) is 18.7 Å². The second-order valence-corrected chi connectivity index (χ2v) is 6.90. The van der Waals surface area contributed by atoms with Gasteiger partial charge in [0.1, 0.15) is 0 Å². The third kappa shape index (κ3) is 9.64. The van der Waals surface area contributed by atoms with Gasteiger partial charge in [-0.2, -0.15) is 13.2 Å². The molecule has 0 aliphatic carbocycles. The maximum Gasteiger partial charge on any atom is 0.416 e. The van der Waals surface area contributed by atoms with Crippen molar-refractivity contribution in [2.45, 2.75) is 71.4 Å². The Labute approximate surface area is 161 Å². The molecule has 0 aliphatic rings. The van der Waals surface area contributed by atoms with Crippen molar-refractivity contribution in [2.75, 3.05) is 13.1 Å². The molecule has 2 nitrogen and oxygen atoms in total. The lowest BCUT2D eigenvalue weighted by Gasteiger charge is -2.21. The summed E-state index contributed by atoms with van der Waals surface area (Å²) in [6, 6.07) is 5.04. The predicted octanol–water partition coefficient (Wildman–Crippen LogP) is 6.71. The Morgan fingerprint density at radius 3 is 2.07 bits per heavy atom. The van der Waals surface area contributed by atoms with Crippen LogP contribution in [0.25, 0.3) is 6.08 Å². The van der Waals surface area contributed by atoms with Crippen LogP contribution in [0.4, 0.5) is 13.2 Å². The zero-order chi connectivity index (χ0) is 20.1. The van der Waals surface area contributed by atoms with E-state index in [0.717, 1.165) is 63.5 Å². The van der Waals surface area contributed by atoms with Gasteiger partial charge >= 0.3 is 6.18 Å². The number of unbranched alkanes of at least 4 members (excludes halogenated alkanes) is 6. The second kappa shape index (κ2) is 12.6. The number of hydrogen-bond donors (Lipinski definition) is 0. The quantitative estimate of drug-likeness (QED) is 0.290. The topological polar surface area (TPSA) is 20.3 Å². The number of benzene rings is 1. The average Bonchev–Trinajstić information content (AvgIpc) is 2.64. The van der Waals surface area contributed by atoms with Crippen LogP contribution in [0.3, 0.4) is 0 Å². The Morgan fingerprint density at radius 1 is 0.963 bits per heavy atom. The van der Waals surface area contributed by atoms with Gasteiger partial charge in [-0.05, 0) is 36.6 Å². The van der Waals surface area contributed by atoms with Crippen LogP contribution in [0.1, 0.15) is 76.3 Å². The van der Waals surface area contributed by atoms with Crippen molar-refractivity contribution in [3.63, 3.8) is 0 Å². The Kier molecular flexibility index (Phi) is 10.8. The summed E-state index contributed by atoms with van der Waals surface area (Å²) in [5, 5.41) is 0. The molecular formula is C22H32F3NO. The molecule has 1 aromatic rings. The Morgan fingerprint density at radius 2 is 1.56 bits per heavy atom. The first-order valence-corrected chi connectivity index (χ1v) is 10.0. The smallest absolute Gasteiger partial charge is 0.339 e. The normalized spacial score (nSPS) is 11.9. The monoisotopic (exact) mass is 383 g/mol. The van der Waals surface area contributed by atoms with Crippen molar-refractivity contribution >= 4 is 12.0 Å². The van der Waals surface area contributed by atoms with Crippen LogP contribution in [0, 0.1) is 0 Å². The predicted molar refractivity (Wildman–Crippen MR) is 105 cm³/mol. The largest absolute Gasteiger partial charge is 0.416 e. The molecule has 0 aliphatic heterocycles. The van der Waals surface area contributed by atoms with Gasteiger partial charge in [0.15, 0.2) is 0 Å². The Hall–Kier alpha value is -1.78. The van der Waals surface area contributed by atoms with E-state index >= 15 is 0 Å². The molecule has 0 saturated carbocycles. The molecule has 27 heavy (non-hydrogen) atoms.